The van der Waals surface area contributed by atoms with Gasteiger partial charge < -0.3 is 5.32 Å². The summed E-state index contributed by atoms with van der Waals surface area (Å²) in [6, 6.07) is 0. The standard InChI is InChI=1S/C7H9FN2S/c8-7(1-2-9-4-7)6-3-11-5-10-6/h3,5,9H,1-2,4H2. The molecule has 0 aliphatic carbocycles. The second-order valence-electron chi connectivity index (χ2n) is 2.77. The molecule has 1 unspecified atom stereocenters. The Morgan fingerprint density at radius 3 is 3.18 bits per heavy atom. The maximum atomic E-state index is 13.8. The molecule has 4 heteroatoms. The van der Waals surface area contributed by atoms with E-state index in [0.717, 1.165) is 6.54 Å². The van der Waals surface area contributed by atoms with E-state index >= 15 is 0 Å². The highest BCUT2D eigenvalue weighted by molar-refractivity contribution is 7.07. The van der Waals surface area contributed by atoms with Gasteiger partial charge in [0.2, 0.25) is 0 Å². The van der Waals surface area contributed by atoms with Gasteiger partial charge >= 0.3 is 0 Å². The zero-order chi connectivity index (χ0) is 7.73. The van der Waals surface area contributed by atoms with Crippen LogP contribution in [-0.2, 0) is 5.67 Å². The van der Waals surface area contributed by atoms with Gasteiger partial charge in [0.1, 0.15) is 0 Å². The summed E-state index contributed by atoms with van der Waals surface area (Å²) in [7, 11) is 0. The number of rotatable bonds is 1. The lowest BCUT2D eigenvalue weighted by molar-refractivity contribution is 0.187. The van der Waals surface area contributed by atoms with Crippen molar-refractivity contribution in [1.82, 2.24) is 10.3 Å². The number of halogens is 1. The first-order valence-corrected chi connectivity index (χ1v) is 4.54. The Morgan fingerprint density at radius 1 is 1.73 bits per heavy atom. The maximum absolute atomic E-state index is 13.8. The van der Waals surface area contributed by atoms with Crippen LogP contribution in [0.1, 0.15) is 12.1 Å². The largest absolute Gasteiger partial charge is 0.313 e. The van der Waals surface area contributed by atoms with Gasteiger partial charge in [-0.3, -0.25) is 0 Å². The fourth-order valence-electron chi connectivity index (χ4n) is 1.31. The molecule has 0 bridgehead atoms. The molecule has 60 valence electrons. The maximum Gasteiger partial charge on any atom is 0.167 e. The van der Waals surface area contributed by atoms with Crippen molar-refractivity contribution in [2.75, 3.05) is 13.1 Å². The lowest BCUT2D eigenvalue weighted by Gasteiger charge is -2.14. The highest BCUT2D eigenvalue weighted by Crippen LogP contribution is 2.31. The molecule has 1 atom stereocenters. The molecule has 0 saturated carbocycles. The minimum Gasteiger partial charge on any atom is -0.313 e. The Labute approximate surface area is 68.5 Å². The number of thiazole rings is 1. The lowest BCUT2D eigenvalue weighted by atomic mass is 10.0. The summed E-state index contributed by atoms with van der Waals surface area (Å²) in [5, 5.41) is 4.78. The van der Waals surface area contributed by atoms with Gasteiger partial charge in [-0.1, -0.05) is 0 Å². The van der Waals surface area contributed by atoms with Crippen LogP contribution in [0, 0.1) is 0 Å². The number of nitrogens with zero attached hydrogens (tertiary/aromatic N) is 1. The Kier molecular flexibility index (Phi) is 1.65. The van der Waals surface area contributed by atoms with Crippen molar-refractivity contribution >= 4 is 11.3 Å². The molecule has 11 heavy (non-hydrogen) atoms. The van der Waals surface area contributed by atoms with E-state index in [4.69, 9.17) is 0 Å². The second kappa shape index (κ2) is 2.53. The van der Waals surface area contributed by atoms with Crippen LogP contribution in [0.2, 0.25) is 0 Å². The van der Waals surface area contributed by atoms with E-state index in [9.17, 15) is 4.39 Å². The van der Waals surface area contributed by atoms with Gasteiger partial charge in [-0.05, 0) is 6.54 Å². The average molecular weight is 172 g/mol. The predicted molar refractivity (Wildman–Crippen MR) is 42.4 cm³/mol. The Balaban J connectivity index is 2.27. The van der Waals surface area contributed by atoms with Gasteiger partial charge in [0.05, 0.1) is 11.2 Å². The molecule has 1 fully saturated rings. The summed E-state index contributed by atoms with van der Waals surface area (Å²) in [5.74, 6) is 0. The zero-order valence-corrected chi connectivity index (χ0v) is 6.83. The van der Waals surface area contributed by atoms with E-state index in [1.54, 1.807) is 10.9 Å². The second-order valence-corrected chi connectivity index (χ2v) is 3.48. The van der Waals surface area contributed by atoms with Crippen LogP contribution < -0.4 is 5.32 Å². The minimum atomic E-state index is -1.19. The van der Waals surface area contributed by atoms with E-state index in [1.807, 2.05) is 0 Å². The highest BCUT2D eigenvalue weighted by atomic mass is 32.1. The van der Waals surface area contributed by atoms with E-state index in [1.165, 1.54) is 11.3 Å². The van der Waals surface area contributed by atoms with Crippen LogP contribution in [0.15, 0.2) is 10.9 Å². The topological polar surface area (TPSA) is 24.9 Å². The first-order chi connectivity index (χ1) is 5.31. The van der Waals surface area contributed by atoms with E-state index < -0.39 is 5.67 Å². The Hall–Kier alpha value is -0.480. The zero-order valence-electron chi connectivity index (χ0n) is 6.01. The number of hydrogen-bond acceptors (Lipinski definition) is 3. The molecule has 1 aromatic heterocycles. The molecule has 0 spiro atoms. The van der Waals surface area contributed by atoms with Gasteiger partial charge in [0, 0.05) is 18.3 Å². The first kappa shape index (κ1) is 7.18. The summed E-state index contributed by atoms with van der Waals surface area (Å²) >= 11 is 1.45. The molecular formula is C7H9FN2S. The average Bonchev–Trinajstić information content (AvgIpc) is 2.55. The molecule has 1 N–H and O–H groups in total. The molecule has 2 nitrogen and oxygen atoms in total. The molecule has 2 rings (SSSR count). The molecular weight excluding hydrogens is 163 g/mol. The van der Waals surface area contributed by atoms with Gasteiger partial charge in [-0.2, -0.15) is 0 Å². The third kappa shape index (κ3) is 1.16. The molecule has 1 aliphatic rings. The molecule has 1 saturated heterocycles. The van der Waals surface area contributed by atoms with Gasteiger partial charge in [-0.15, -0.1) is 11.3 Å². The smallest absolute Gasteiger partial charge is 0.167 e. The number of nitrogens with one attached hydrogen (secondary N) is 1. The van der Waals surface area contributed by atoms with Gasteiger partial charge in [0.25, 0.3) is 0 Å². The van der Waals surface area contributed by atoms with Crippen LogP contribution in [0.5, 0.6) is 0 Å². The van der Waals surface area contributed by atoms with E-state index in [-0.39, 0.29) is 0 Å². The summed E-state index contributed by atoms with van der Waals surface area (Å²) in [4.78, 5) is 3.97. The van der Waals surface area contributed by atoms with Crippen LogP contribution in [0.3, 0.4) is 0 Å². The first-order valence-electron chi connectivity index (χ1n) is 3.60. The molecule has 1 aromatic rings. The van der Waals surface area contributed by atoms with E-state index in [0.29, 0.717) is 18.7 Å². The third-order valence-corrected chi connectivity index (χ3v) is 2.58. The molecule has 0 radical (unpaired) electrons. The lowest BCUT2D eigenvalue weighted by Crippen LogP contribution is -2.23. The van der Waals surface area contributed by atoms with Crippen LogP contribution in [0.4, 0.5) is 4.39 Å². The van der Waals surface area contributed by atoms with Crippen LogP contribution >= 0.6 is 11.3 Å². The van der Waals surface area contributed by atoms with Gasteiger partial charge in [-0.25, -0.2) is 9.37 Å². The quantitative estimate of drug-likeness (QED) is 0.690. The third-order valence-electron chi connectivity index (χ3n) is 1.99. The fraction of sp³-hybridized carbons (Fsp3) is 0.571. The predicted octanol–water partition coefficient (Wildman–Crippen LogP) is 1.30. The van der Waals surface area contributed by atoms with Crippen molar-refractivity contribution in [2.45, 2.75) is 12.1 Å². The van der Waals surface area contributed by atoms with Crippen molar-refractivity contribution in [3.05, 3.63) is 16.6 Å². The summed E-state index contributed by atoms with van der Waals surface area (Å²) in [6.07, 6.45) is 0.552. The minimum absolute atomic E-state index is 0.413. The molecule has 0 amide bonds. The van der Waals surface area contributed by atoms with Crippen LogP contribution in [-0.4, -0.2) is 18.1 Å². The van der Waals surface area contributed by atoms with Crippen molar-refractivity contribution < 1.29 is 4.39 Å². The normalized spacial score (nSPS) is 31.0. The fourth-order valence-corrected chi connectivity index (χ4v) is 1.95. The summed E-state index contributed by atoms with van der Waals surface area (Å²) in [6.45, 7) is 1.17. The SMILES string of the molecule is FC1(c2cscn2)CCNC1. The monoisotopic (exact) mass is 172 g/mol. The highest BCUT2D eigenvalue weighted by Gasteiger charge is 2.37. The number of aromatic nitrogens is 1. The molecule has 0 aromatic carbocycles. The van der Waals surface area contributed by atoms with Crippen molar-refractivity contribution in [1.29, 1.82) is 0 Å². The Bertz CT molecular complexity index is 229. The number of alkyl halides is 1. The van der Waals surface area contributed by atoms with Crippen molar-refractivity contribution in [3.8, 4) is 0 Å². The summed E-state index contributed by atoms with van der Waals surface area (Å²) < 4.78 is 13.8. The van der Waals surface area contributed by atoms with Crippen molar-refractivity contribution in [3.63, 3.8) is 0 Å². The van der Waals surface area contributed by atoms with Crippen LogP contribution in [0.25, 0.3) is 0 Å². The van der Waals surface area contributed by atoms with E-state index in [2.05, 4.69) is 10.3 Å². The summed E-state index contributed by atoms with van der Waals surface area (Å²) in [5.41, 5.74) is 1.07. The van der Waals surface area contributed by atoms with Crippen molar-refractivity contribution in [2.24, 2.45) is 0 Å². The molecule has 2 heterocycles. The Morgan fingerprint density at radius 2 is 2.64 bits per heavy atom. The number of hydrogen-bond donors (Lipinski definition) is 1. The molecule has 1 aliphatic heterocycles. The van der Waals surface area contributed by atoms with Gasteiger partial charge in [0.15, 0.2) is 5.67 Å².